The van der Waals surface area contributed by atoms with Crippen molar-refractivity contribution in [3.8, 4) is 11.5 Å². The monoisotopic (exact) mass is 402 g/mol. The molecule has 3 aromatic carbocycles. The number of rotatable bonds is 6. The van der Waals surface area contributed by atoms with Crippen LogP contribution < -0.4 is 0 Å². The van der Waals surface area contributed by atoms with Gasteiger partial charge in [0.2, 0.25) is 0 Å². The summed E-state index contributed by atoms with van der Waals surface area (Å²) in [5.74, 6) is 0.346. The number of phenols is 2. The Morgan fingerprint density at radius 1 is 0.833 bits per heavy atom. The molecule has 0 atom stereocenters. The minimum atomic E-state index is -0.832. The van der Waals surface area contributed by atoms with Gasteiger partial charge >= 0.3 is 0 Å². The first-order valence-corrected chi connectivity index (χ1v) is 10.1. The van der Waals surface area contributed by atoms with Crippen molar-refractivity contribution in [3.05, 3.63) is 95.1 Å². The van der Waals surface area contributed by atoms with Crippen LogP contribution in [-0.4, -0.2) is 53.1 Å². The van der Waals surface area contributed by atoms with Crippen LogP contribution in [0.2, 0.25) is 0 Å². The van der Waals surface area contributed by atoms with Gasteiger partial charge in [-0.05, 0) is 74.1 Å². The fourth-order valence-electron chi connectivity index (χ4n) is 4.44. The standard InChI is InChI=1S/C25H26N2O3/c1-26(2)16-5-17-27-24(30)22-6-3-4-7-23(22)25(27,18-8-12-20(28)13-9-18)19-10-14-21(29)15-11-19/h3-4,6-15,28-29H,5,16-17H2,1-2H3. The predicted octanol–water partition coefficient (Wildman–Crippen LogP) is 3.80. The van der Waals surface area contributed by atoms with E-state index < -0.39 is 5.54 Å². The highest BCUT2D eigenvalue weighted by molar-refractivity contribution is 6.01. The molecule has 1 aliphatic rings. The molecule has 0 aliphatic carbocycles. The number of hydrogen-bond donors (Lipinski definition) is 2. The van der Waals surface area contributed by atoms with Gasteiger partial charge in [-0.15, -0.1) is 0 Å². The van der Waals surface area contributed by atoms with E-state index >= 15 is 0 Å². The maximum Gasteiger partial charge on any atom is 0.255 e. The summed E-state index contributed by atoms with van der Waals surface area (Å²) < 4.78 is 0. The number of phenolic OH excluding ortho intramolecular Hbond substituents is 2. The summed E-state index contributed by atoms with van der Waals surface area (Å²) in [5.41, 5.74) is 2.56. The lowest BCUT2D eigenvalue weighted by atomic mass is 9.77. The highest BCUT2D eigenvalue weighted by atomic mass is 16.3. The largest absolute Gasteiger partial charge is 0.508 e. The minimum Gasteiger partial charge on any atom is -0.508 e. The molecule has 0 unspecified atom stereocenters. The minimum absolute atomic E-state index is 0.00879. The molecule has 0 spiro atoms. The summed E-state index contributed by atoms with van der Waals surface area (Å²) >= 11 is 0. The van der Waals surface area contributed by atoms with Crippen molar-refractivity contribution in [2.45, 2.75) is 12.0 Å². The zero-order valence-electron chi connectivity index (χ0n) is 17.2. The van der Waals surface area contributed by atoms with Crippen molar-refractivity contribution in [2.75, 3.05) is 27.2 Å². The molecule has 2 N–H and O–H groups in total. The van der Waals surface area contributed by atoms with E-state index in [2.05, 4.69) is 4.90 Å². The van der Waals surface area contributed by atoms with Crippen LogP contribution in [0.5, 0.6) is 11.5 Å². The summed E-state index contributed by atoms with van der Waals surface area (Å²) in [6.45, 7) is 1.44. The summed E-state index contributed by atoms with van der Waals surface area (Å²) in [7, 11) is 4.04. The zero-order chi connectivity index (χ0) is 21.3. The van der Waals surface area contributed by atoms with Gasteiger partial charge in [0.25, 0.3) is 5.91 Å². The van der Waals surface area contributed by atoms with Gasteiger partial charge in [-0.3, -0.25) is 4.79 Å². The normalized spacial score (nSPS) is 14.9. The number of carbonyl (C=O) groups is 1. The molecule has 154 valence electrons. The number of amides is 1. The summed E-state index contributed by atoms with van der Waals surface area (Å²) in [6, 6.07) is 21.8. The second-order valence-corrected chi connectivity index (χ2v) is 7.96. The third-order valence-corrected chi connectivity index (χ3v) is 5.75. The van der Waals surface area contributed by atoms with Crippen LogP contribution in [0.3, 0.4) is 0 Å². The van der Waals surface area contributed by atoms with Gasteiger partial charge in [0.05, 0.1) is 0 Å². The molecule has 0 bridgehead atoms. The van der Waals surface area contributed by atoms with Crippen molar-refractivity contribution in [1.82, 2.24) is 9.80 Å². The molecule has 1 amide bonds. The van der Waals surface area contributed by atoms with Gasteiger partial charge < -0.3 is 20.0 Å². The molecule has 0 saturated carbocycles. The van der Waals surface area contributed by atoms with Crippen LogP contribution >= 0.6 is 0 Å². The maximum absolute atomic E-state index is 13.6. The average molecular weight is 402 g/mol. The Morgan fingerprint density at radius 3 is 1.90 bits per heavy atom. The van der Waals surface area contributed by atoms with Crippen LogP contribution in [0, 0.1) is 0 Å². The van der Waals surface area contributed by atoms with E-state index in [1.54, 1.807) is 24.3 Å². The summed E-state index contributed by atoms with van der Waals surface area (Å²) in [6.07, 6.45) is 0.824. The molecule has 0 fully saturated rings. The molecule has 5 nitrogen and oxygen atoms in total. The predicted molar refractivity (Wildman–Crippen MR) is 117 cm³/mol. The Kier molecular flexibility index (Phi) is 5.22. The van der Waals surface area contributed by atoms with Gasteiger partial charge in [0.15, 0.2) is 0 Å². The van der Waals surface area contributed by atoms with Crippen molar-refractivity contribution in [2.24, 2.45) is 0 Å². The quantitative estimate of drug-likeness (QED) is 0.658. The van der Waals surface area contributed by atoms with Crippen LogP contribution in [0.15, 0.2) is 72.8 Å². The molecule has 4 rings (SSSR count). The van der Waals surface area contributed by atoms with E-state index in [-0.39, 0.29) is 17.4 Å². The molecular weight excluding hydrogens is 376 g/mol. The van der Waals surface area contributed by atoms with Crippen LogP contribution in [0.4, 0.5) is 0 Å². The number of nitrogens with zero attached hydrogens (tertiary/aromatic N) is 2. The lowest BCUT2D eigenvalue weighted by molar-refractivity contribution is 0.0669. The second-order valence-electron chi connectivity index (χ2n) is 7.96. The van der Waals surface area contributed by atoms with Crippen molar-refractivity contribution < 1.29 is 15.0 Å². The number of hydrogen-bond acceptors (Lipinski definition) is 4. The fraction of sp³-hybridized carbons (Fsp3) is 0.240. The van der Waals surface area contributed by atoms with Gasteiger partial charge in [0, 0.05) is 12.1 Å². The van der Waals surface area contributed by atoms with E-state index in [1.807, 2.05) is 67.5 Å². The van der Waals surface area contributed by atoms with Crippen LogP contribution in [-0.2, 0) is 5.54 Å². The van der Waals surface area contributed by atoms with Crippen molar-refractivity contribution >= 4 is 5.91 Å². The van der Waals surface area contributed by atoms with E-state index in [4.69, 9.17) is 0 Å². The topological polar surface area (TPSA) is 64.0 Å². The molecule has 1 aliphatic heterocycles. The Hall–Kier alpha value is -3.31. The molecule has 5 heteroatoms. The number of benzene rings is 3. The second kappa shape index (κ2) is 7.84. The molecule has 0 radical (unpaired) electrons. The van der Waals surface area contributed by atoms with E-state index in [0.717, 1.165) is 29.7 Å². The van der Waals surface area contributed by atoms with Gasteiger partial charge in [0.1, 0.15) is 17.0 Å². The molecule has 3 aromatic rings. The molecule has 30 heavy (non-hydrogen) atoms. The molecule has 0 aromatic heterocycles. The van der Waals surface area contributed by atoms with Crippen molar-refractivity contribution in [1.29, 1.82) is 0 Å². The zero-order valence-corrected chi connectivity index (χ0v) is 17.2. The third kappa shape index (κ3) is 3.21. The number of carbonyl (C=O) groups excluding carboxylic acids is 1. The lowest BCUT2D eigenvalue weighted by Crippen LogP contribution is -2.46. The van der Waals surface area contributed by atoms with Gasteiger partial charge in [-0.2, -0.15) is 0 Å². The molecule has 0 saturated heterocycles. The Labute approximate surface area is 176 Å². The summed E-state index contributed by atoms with van der Waals surface area (Å²) in [5, 5.41) is 19.8. The van der Waals surface area contributed by atoms with E-state index in [0.29, 0.717) is 12.1 Å². The highest BCUT2D eigenvalue weighted by Crippen LogP contribution is 2.49. The Morgan fingerprint density at radius 2 is 1.37 bits per heavy atom. The number of aromatic hydroxyl groups is 2. The molecule has 1 heterocycles. The van der Waals surface area contributed by atoms with Gasteiger partial charge in [-0.1, -0.05) is 42.5 Å². The molecular formula is C25H26N2O3. The van der Waals surface area contributed by atoms with Gasteiger partial charge in [-0.25, -0.2) is 0 Å². The smallest absolute Gasteiger partial charge is 0.255 e. The summed E-state index contributed by atoms with van der Waals surface area (Å²) in [4.78, 5) is 17.6. The fourth-order valence-corrected chi connectivity index (χ4v) is 4.44. The first-order valence-electron chi connectivity index (χ1n) is 10.1. The first-order chi connectivity index (χ1) is 14.4. The average Bonchev–Trinajstić information content (AvgIpc) is 2.99. The van der Waals surface area contributed by atoms with E-state index in [9.17, 15) is 15.0 Å². The number of fused-ring (bicyclic) bond motifs is 1. The maximum atomic E-state index is 13.6. The van der Waals surface area contributed by atoms with Crippen LogP contribution in [0.25, 0.3) is 0 Å². The van der Waals surface area contributed by atoms with E-state index in [1.165, 1.54) is 0 Å². The third-order valence-electron chi connectivity index (χ3n) is 5.75. The first kappa shape index (κ1) is 20.0. The highest BCUT2D eigenvalue weighted by Gasteiger charge is 2.51. The Bertz CT molecular complexity index is 997. The lowest BCUT2D eigenvalue weighted by Gasteiger charge is -2.41. The SMILES string of the molecule is CN(C)CCCN1C(=O)c2ccccc2C1(c1ccc(O)cc1)c1ccc(O)cc1. The van der Waals surface area contributed by atoms with Crippen LogP contribution in [0.1, 0.15) is 33.5 Å². The Balaban J connectivity index is 1.97. The van der Waals surface area contributed by atoms with Crippen molar-refractivity contribution in [3.63, 3.8) is 0 Å².